The zero-order valence-electron chi connectivity index (χ0n) is 16.2. The Kier molecular flexibility index (Phi) is 8.24. The van der Waals surface area contributed by atoms with Gasteiger partial charge >= 0.3 is 0 Å². The first-order chi connectivity index (χ1) is 12.8. The fourth-order valence-electron chi connectivity index (χ4n) is 3.87. The van der Waals surface area contributed by atoms with Gasteiger partial charge in [0.05, 0.1) is 12.7 Å². The third-order valence-corrected chi connectivity index (χ3v) is 5.38. The zero-order chi connectivity index (χ0) is 18.0. The van der Waals surface area contributed by atoms with Crippen LogP contribution in [0.25, 0.3) is 0 Å². The van der Waals surface area contributed by atoms with E-state index in [2.05, 4.69) is 31.2 Å². The highest BCUT2D eigenvalue weighted by Gasteiger charge is 2.22. The van der Waals surface area contributed by atoms with E-state index in [4.69, 9.17) is 18.9 Å². The molecule has 1 aliphatic carbocycles. The van der Waals surface area contributed by atoms with E-state index in [0.717, 1.165) is 38.2 Å². The first-order valence-electron chi connectivity index (χ1n) is 10.4. The molecule has 2 aliphatic rings. The minimum atomic E-state index is -0.0360. The van der Waals surface area contributed by atoms with Crippen LogP contribution in [0, 0.1) is 0 Å². The Morgan fingerprint density at radius 3 is 2.38 bits per heavy atom. The van der Waals surface area contributed by atoms with Gasteiger partial charge in [0.15, 0.2) is 6.29 Å². The summed E-state index contributed by atoms with van der Waals surface area (Å²) in [5.74, 6) is 1.58. The molecule has 1 saturated heterocycles. The SMILES string of the molecule is CCCOC1CCC(c2ccc(OCCOC3CCCCO3)cc2)CC1. The van der Waals surface area contributed by atoms with Gasteiger partial charge in [-0.2, -0.15) is 0 Å². The van der Waals surface area contributed by atoms with Crippen LogP contribution in [0.2, 0.25) is 0 Å². The molecule has 0 aromatic heterocycles. The zero-order valence-corrected chi connectivity index (χ0v) is 16.2. The van der Waals surface area contributed by atoms with Crippen LogP contribution < -0.4 is 4.74 Å². The van der Waals surface area contributed by atoms with Gasteiger partial charge in [0.1, 0.15) is 12.4 Å². The van der Waals surface area contributed by atoms with Crippen LogP contribution in [0.15, 0.2) is 24.3 Å². The lowest BCUT2D eigenvalue weighted by molar-refractivity contribution is -0.165. The molecule has 0 radical (unpaired) electrons. The maximum absolute atomic E-state index is 5.89. The van der Waals surface area contributed by atoms with Crippen LogP contribution in [0.1, 0.15) is 69.8 Å². The molecule has 26 heavy (non-hydrogen) atoms. The van der Waals surface area contributed by atoms with Crippen LogP contribution in [-0.4, -0.2) is 38.8 Å². The molecular formula is C22H34O4. The average molecular weight is 363 g/mol. The van der Waals surface area contributed by atoms with Gasteiger partial charge in [-0.05, 0) is 75.0 Å². The number of ether oxygens (including phenoxy) is 4. The van der Waals surface area contributed by atoms with E-state index in [-0.39, 0.29) is 6.29 Å². The molecule has 0 spiro atoms. The van der Waals surface area contributed by atoms with Gasteiger partial charge in [0, 0.05) is 13.2 Å². The predicted octanol–water partition coefficient (Wildman–Crippen LogP) is 5.06. The summed E-state index contributed by atoms with van der Waals surface area (Å²) in [5, 5.41) is 0. The number of rotatable bonds is 9. The summed E-state index contributed by atoms with van der Waals surface area (Å²) in [7, 11) is 0. The van der Waals surface area contributed by atoms with Crippen LogP contribution in [0.5, 0.6) is 5.75 Å². The van der Waals surface area contributed by atoms with Crippen LogP contribution >= 0.6 is 0 Å². The Morgan fingerprint density at radius 1 is 0.885 bits per heavy atom. The van der Waals surface area contributed by atoms with E-state index in [1.54, 1.807) is 0 Å². The highest BCUT2D eigenvalue weighted by atomic mass is 16.7. The molecule has 0 bridgehead atoms. The molecule has 2 fully saturated rings. The quantitative estimate of drug-likeness (QED) is 0.575. The van der Waals surface area contributed by atoms with Crippen LogP contribution in [-0.2, 0) is 14.2 Å². The van der Waals surface area contributed by atoms with Gasteiger partial charge in [-0.1, -0.05) is 19.1 Å². The summed E-state index contributed by atoms with van der Waals surface area (Å²) in [6.07, 6.45) is 9.71. The maximum Gasteiger partial charge on any atom is 0.157 e. The molecule has 146 valence electrons. The summed E-state index contributed by atoms with van der Waals surface area (Å²) in [6.45, 7) is 5.04. The highest BCUT2D eigenvalue weighted by molar-refractivity contribution is 5.29. The molecule has 4 heteroatoms. The van der Waals surface area contributed by atoms with E-state index < -0.39 is 0 Å². The van der Waals surface area contributed by atoms with E-state index >= 15 is 0 Å². The van der Waals surface area contributed by atoms with Crippen molar-refractivity contribution in [1.82, 2.24) is 0 Å². The minimum Gasteiger partial charge on any atom is -0.491 e. The molecule has 1 aromatic carbocycles. The van der Waals surface area contributed by atoms with Crippen LogP contribution in [0.4, 0.5) is 0 Å². The molecular weight excluding hydrogens is 328 g/mol. The van der Waals surface area contributed by atoms with Crippen molar-refractivity contribution < 1.29 is 18.9 Å². The van der Waals surface area contributed by atoms with Gasteiger partial charge in [-0.15, -0.1) is 0 Å². The Balaban J connectivity index is 1.34. The summed E-state index contributed by atoms with van der Waals surface area (Å²) in [4.78, 5) is 0. The first kappa shape index (κ1) is 19.7. The fourth-order valence-corrected chi connectivity index (χ4v) is 3.87. The predicted molar refractivity (Wildman–Crippen MR) is 103 cm³/mol. The van der Waals surface area contributed by atoms with Crippen molar-refractivity contribution in [2.24, 2.45) is 0 Å². The molecule has 1 saturated carbocycles. The maximum atomic E-state index is 5.89. The number of hydrogen-bond acceptors (Lipinski definition) is 4. The lowest BCUT2D eigenvalue weighted by Gasteiger charge is -2.29. The van der Waals surface area contributed by atoms with Crippen molar-refractivity contribution in [2.75, 3.05) is 26.4 Å². The lowest BCUT2D eigenvalue weighted by Crippen LogP contribution is -2.24. The molecule has 1 aliphatic heterocycles. The van der Waals surface area contributed by atoms with Gasteiger partial charge < -0.3 is 18.9 Å². The molecule has 4 nitrogen and oxygen atoms in total. The lowest BCUT2D eigenvalue weighted by atomic mass is 9.83. The van der Waals surface area contributed by atoms with Crippen molar-refractivity contribution >= 4 is 0 Å². The largest absolute Gasteiger partial charge is 0.491 e. The molecule has 3 rings (SSSR count). The van der Waals surface area contributed by atoms with E-state index in [9.17, 15) is 0 Å². The third kappa shape index (κ3) is 6.26. The first-order valence-corrected chi connectivity index (χ1v) is 10.4. The smallest absolute Gasteiger partial charge is 0.157 e. The van der Waals surface area contributed by atoms with E-state index in [0.29, 0.717) is 25.2 Å². The van der Waals surface area contributed by atoms with Crippen molar-refractivity contribution in [2.45, 2.75) is 76.6 Å². The van der Waals surface area contributed by atoms with Crippen molar-refractivity contribution in [3.63, 3.8) is 0 Å². The van der Waals surface area contributed by atoms with Crippen LogP contribution in [0.3, 0.4) is 0 Å². The van der Waals surface area contributed by atoms with Crippen molar-refractivity contribution in [3.8, 4) is 5.75 Å². The van der Waals surface area contributed by atoms with Gasteiger partial charge in [-0.3, -0.25) is 0 Å². The fraction of sp³-hybridized carbons (Fsp3) is 0.727. The number of hydrogen-bond donors (Lipinski definition) is 0. The molecule has 0 amide bonds. The Bertz CT molecular complexity index is 487. The monoisotopic (exact) mass is 362 g/mol. The topological polar surface area (TPSA) is 36.9 Å². The van der Waals surface area contributed by atoms with Gasteiger partial charge in [0.2, 0.25) is 0 Å². The third-order valence-electron chi connectivity index (χ3n) is 5.38. The average Bonchev–Trinajstić information content (AvgIpc) is 2.71. The standard InChI is InChI=1S/C22H34O4/c1-2-14-23-20-10-6-18(7-11-20)19-8-12-21(13-9-19)24-16-17-26-22-5-3-4-15-25-22/h8-9,12-13,18,20,22H,2-7,10-11,14-17H2,1H3. The summed E-state index contributed by atoms with van der Waals surface area (Å²) >= 11 is 0. The molecule has 0 N–H and O–H groups in total. The second kappa shape index (κ2) is 10.9. The molecule has 1 atom stereocenters. The highest BCUT2D eigenvalue weighted by Crippen LogP contribution is 2.34. The molecule has 1 heterocycles. The summed E-state index contributed by atoms with van der Waals surface area (Å²) < 4.78 is 23.0. The second-order valence-corrected chi connectivity index (χ2v) is 7.43. The Morgan fingerprint density at radius 2 is 1.69 bits per heavy atom. The molecule has 1 aromatic rings. The van der Waals surface area contributed by atoms with E-state index in [1.807, 2.05) is 0 Å². The number of benzene rings is 1. The Hall–Kier alpha value is -1.10. The van der Waals surface area contributed by atoms with Crippen molar-refractivity contribution in [1.29, 1.82) is 0 Å². The second-order valence-electron chi connectivity index (χ2n) is 7.43. The summed E-state index contributed by atoms with van der Waals surface area (Å²) in [6, 6.07) is 8.62. The van der Waals surface area contributed by atoms with Gasteiger partial charge in [0.25, 0.3) is 0 Å². The summed E-state index contributed by atoms with van der Waals surface area (Å²) in [5.41, 5.74) is 1.43. The minimum absolute atomic E-state index is 0.0360. The molecule has 1 unspecified atom stereocenters. The van der Waals surface area contributed by atoms with E-state index in [1.165, 1.54) is 37.7 Å². The van der Waals surface area contributed by atoms with Crippen molar-refractivity contribution in [3.05, 3.63) is 29.8 Å². The normalized spacial score (nSPS) is 26.6. The van der Waals surface area contributed by atoms with Gasteiger partial charge in [-0.25, -0.2) is 0 Å². The Labute approximate surface area is 158 Å².